The number of benzene rings is 3. The van der Waals surface area contributed by atoms with E-state index < -0.39 is 6.10 Å². The second kappa shape index (κ2) is 7.60. The summed E-state index contributed by atoms with van der Waals surface area (Å²) in [6.45, 7) is 1.69. The van der Waals surface area contributed by atoms with Gasteiger partial charge in [0.05, 0.1) is 6.10 Å². The van der Waals surface area contributed by atoms with Crippen molar-refractivity contribution in [2.45, 2.75) is 6.10 Å². The Labute approximate surface area is 152 Å². The number of furan rings is 1. The molecule has 4 heteroatoms. The summed E-state index contributed by atoms with van der Waals surface area (Å²) >= 11 is 0. The quantitative estimate of drug-likeness (QED) is 0.490. The number of ether oxygens (including phenoxy) is 1. The van der Waals surface area contributed by atoms with Crippen LogP contribution in [0.2, 0.25) is 0 Å². The Balaban J connectivity index is 1.31. The van der Waals surface area contributed by atoms with E-state index in [1.54, 1.807) is 0 Å². The minimum atomic E-state index is -0.509. The van der Waals surface area contributed by atoms with Crippen LogP contribution >= 0.6 is 0 Å². The Hall–Kier alpha value is -2.82. The molecule has 0 amide bonds. The fourth-order valence-electron chi connectivity index (χ4n) is 3.07. The summed E-state index contributed by atoms with van der Waals surface area (Å²) in [6, 6.07) is 23.5. The zero-order valence-corrected chi connectivity index (χ0v) is 14.4. The maximum atomic E-state index is 10.1. The van der Waals surface area contributed by atoms with Crippen LogP contribution in [0.5, 0.6) is 5.75 Å². The van der Waals surface area contributed by atoms with Crippen molar-refractivity contribution in [1.82, 2.24) is 5.32 Å². The van der Waals surface area contributed by atoms with Gasteiger partial charge in [0.1, 0.15) is 23.5 Å². The van der Waals surface area contributed by atoms with Crippen LogP contribution in [0, 0.1) is 0 Å². The van der Waals surface area contributed by atoms with Crippen molar-refractivity contribution in [3.8, 4) is 5.75 Å². The monoisotopic (exact) mass is 347 g/mol. The second-order valence-corrected chi connectivity index (χ2v) is 6.24. The number of nitrogens with one attached hydrogen (secondary N) is 1. The molecule has 0 aliphatic rings. The van der Waals surface area contributed by atoms with Gasteiger partial charge in [0.15, 0.2) is 0 Å². The molecule has 0 bridgehead atoms. The summed E-state index contributed by atoms with van der Waals surface area (Å²) in [5.41, 5.74) is 2.66. The van der Waals surface area contributed by atoms with E-state index in [0.717, 1.165) is 33.3 Å². The lowest BCUT2D eigenvalue weighted by molar-refractivity contribution is 0.172. The Morgan fingerprint density at radius 3 is 2.54 bits per heavy atom. The van der Waals surface area contributed by atoms with Gasteiger partial charge >= 0.3 is 0 Å². The topological polar surface area (TPSA) is 54.6 Å². The summed E-state index contributed by atoms with van der Waals surface area (Å²) in [4.78, 5) is 0. The molecule has 132 valence electrons. The summed E-state index contributed by atoms with van der Waals surface area (Å²) in [7, 11) is 0. The SMILES string of the molecule is OC(CNCCOc1ccc2oc3ccccc3c2c1)c1ccccc1. The van der Waals surface area contributed by atoms with Crippen molar-refractivity contribution in [2.75, 3.05) is 19.7 Å². The fraction of sp³-hybridized carbons (Fsp3) is 0.182. The van der Waals surface area contributed by atoms with Crippen LogP contribution in [0.4, 0.5) is 0 Å². The van der Waals surface area contributed by atoms with E-state index in [1.165, 1.54) is 0 Å². The first-order valence-corrected chi connectivity index (χ1v) is 8.79. The zero-order valence-electron chi connectivity index (χ0n) is 14.4. The van der Waals surface area contributed by atoms with E-state index >= 15 is 0 Å². The molecule has 0 aliphatic heterocycles. The molecule has 1 unspecified atom stereocenters. The zero-order chi connectivity index (χ0) is 17.8. The van der Waals surface area contributed by atoms with E-state index in [-0.39, 0.29) is 0 Å². The van der Waals surface area contributed by atoms with Crippen molar-refractivity contribution in [3.63, 3.8) is 0 Å². The van der Waals surface area contributed by atoms with Crippen LogP contribution in [0.1, 0.15) is 11.7 Å². The average molecular weight is 347 g/mol. The number of rotatable bonds is 7. The molecule has 1 atom stereocenters. The van der Waals surface area contributed by atoms with Gasteiger partial charge in [0.25, 0.3) is 0 Å². The van der Waals surface area contributed by atoms with Crippen molar-refractivity contribution in [2.24, 2.45) is 0 Å². The molecule has 4 nitrogen and oxygen atoms in total. The molecular formula is C22H21NO3. The van der Waals surface area contributed by atoms with E-state index in [1.807, 2.05) is 66.7 Å². The van der Waals surface area contributed by atoms with Crippen molar-refractivity contribution < 1.29 is 14.3 Å². The Morgan fingerprint density at radius 1 is 0.885 bits per heavy atom. The summed E-state index contributed by atoms with van der Waals surface area (Å²) in [6.07, 6.45) is -0.509. The van der Waals surface area contributed by atoms with Gasteiger partial charge in [0.2, 0.25) is 0 Å². The van der Waals surface area contributed by atoms with Crippen LogP contribution < -0.4 is 10.1 Å². The molecule has 2 N–H and O–H groups in total. The smallest absolute Gasteiger partial charge is 0.135 e. The molecule has 0 aliphatic carbocycles. The highest BCUT2D eigenvalue weighted by atomic mass is 16.5. The molecule has 0 saturated carbocycles. The van der Waals surface area contributed by atoms with Gasteiger partial charge in [-0.3, -0.25) is 0 Å². The molecule has 0 radical (unpaired) electrons. The van der Waals surface area contributed by atoms with Gasteiger partial charge in [-0.25, -0.2) is 0 Å². The van der Waals surface area contributed by atoms with E-state index in [0.29, 0.717) is 19.7 Å². The highest BCUT2D eigenvalue weighted by Gasteiger charge is 2.08. The maximum absolute atomic E-state index is 10.1. The van der Waals surface area contributed by atoms with Gasteiger partial charge in [-0.1, -0.05) is 48.5 Å². The summed E-state index contributed by atoms with van der Waals surface area (Å²) in [5, 5.41) is 15.5. The Morgan fingerprint density at radius 2 is 1.65 bits per heavy atom. The lowest BCUT2D eigenvalue weighted by Gasteiger charge is -2.12. The summed E-state index contributed by atoms with van der Waals surface area (Å²) < 4.78 is 11.7. The molecule has 1 aromatic heterocycles. The minimum Gasteiger partial charge on any atom is -0.492 e. The second-order valence-electron chi connectivity index (χ2n) is 6.24. The fourth-order valence-corrected chi connectivity index (χ4v) is 3.07. The van der Waals surface area contributed by atoms with E-state index in [9.17, 15) is 5.11 Å². The average Bonchev–Trinajstić information content (AvgIpc) is 3.06. The van der Waals surface area contributed by atoms with Crippen molar-refractivity contribution in [1.29, 1.82) is 0 Å². The van der Waals surface area contributed by atoms with Crippen LogP contribution in [0.3, 0.4) is 0 Å². The molecule has 0 saturated heterocycles. The Bertz CT molecular complexity index is 994. The number of aliphatic hydroxyl groups excluding tert-OH is 1. The van der Waals surface area contributed by atoms with Crippen LogP contribution in [-0.2, 0) is 0 Å². The summed E-state index contributed by atoms with van der Waals surface area (Å²) in [5.74, 6) is 0.814. The normalized spacial score (nSPS) is 12.5. The van der Waals surface area contributed by atoms with Crippen LogP contribution in [0.15, 0.2) is 77.2 Å². The molecule has 0 spiro atoms. The molecule has 1 heterocycles. The largest absolute Gasteiger partial charge is 0.492 e. The third-order valence-electron chi connectivity index (χ3n) is 4.42. The molecule has 3 aromatic carbocycles. The van der Waals surface area contributed by atoms with E-state index in [2.05, 4.69) is 11.4 Å². The molecule has 26 heavy (non-hydrogen) atoms. The lowest BCUT2D eigenvalue weighted by atomic mass is 10.1. The minimum absolute atomic E-state index is 0.499. The number of fused-ring (bicyclic) bond motifs is 3. The molecule has 0 fully saturated rings. The first-order valence-electron chi connectivity index (χ1n) is 8.79. The molecule has 4 aromatic rings. The third kappa shape index (κ3) is 3.57. The van der Waals surface area contributed by atoms with Gasteiger partial charge in [-0.15, -0.1) is 0 Å². The number of hydrogen-bond acceptors (Lipinski definition) is 4. The number of para-hydroxylation sites is 1. The van der Waals surface area contributed by atoms with Gasteiger partial charge < -0.3 is 19.6 Å². The predicted molar refractivity (Wildman–Crippen MR) is 103 cm³/mol. The standard InChI is InChI=1S/C22H21NO3/c24-20(16-6-2-1-3-7-16)15-23-12-13-25-17-10-11-22-19(14-17)18-8-4-5-9-21(18)26-22/h1-11,14,20,23-24H,12-13,15H2. The van der Waals surface area contributed by atoms with E-state index in [4.69, 9.17) is 9.15 Å². The first-order chi connectivity index (χ1) is 12.8. The maximum Gasteiger partial charge on any atom is 0.135 e. The van der Waals surface area contributed by atoms with Gasteiger partial charge in [0, 0.05) is 23.9 Å². The molecular weight excluding hydrogens is 326 g/mol. The highest BCUT2D eigenvalue weighted by molar-refractivity contribution is 6.05. The third-order valence-corrected chi connectivity index (χ3v) is 4.42. The van der Waals surface area contributed by atoms with Crippen molar-refractivity contribution in [3.05, 3.63) is 78.4 Å². The first kappa shape index (κ1) is 16.6. The van der Waals surface area contributed by atoms with Crippen LogP contribution in [-0.4, -0.2) is 24.8 Å². The highest BCUT2D eigenvalue weighted by Crippen LogP contribution is 2.31. The lowest BCUT2D eigenvalue weighted by Crippen LogP contribution is -2.26. The van der Waals surface area contributed by atoms with Crippen molar-refractivity contribution >= 4 is 21.9 Å². The Kier molecular flexibility index (Phi) is 4.86. The van der Waals surface area contributed by atoms with Gasteiger partial charge in [-0.05, 0) is 29.8 Å². The predicted octanol–water partition coefficient (Wildman–Crippen LogP) is 4.29. The molecule has 4 rings (SSSR count). The number of aliphatic hydroxyl groups is 1. The van der Waals surface area contributed by atoms with Gasteiger partial charge in [-0.2, -0.15) is 0 Å². The van der Waals surface area contributed by atoms with Crippen LogP contribution in [0.25, 0.3) is 21.9 Å². The number of hydrogen-bond donors (Lipinski definition) is 2.